The molecule has 0 radical (unpaired) electrons. The third-order valence-corrected chi connectivity index (χ3v) is 3.16. The van der Waals surface area contributed by atoms with E-state index in [9.17, 15) is 15.0 Å². The van der Waals surface area contributed by atoms with Crippen molar-refractivity contribution in [1.82, 2.24) is 0 Å². The van der Waals surface area contributed by atoms with Gasteiger partial charge in [-0.25, -0.2) is 0 Å². The highest BCUT2D eigenvalue weighted by molar-refractivity contribution is 6.06. The van der Waals surface area contributed by atoms with Gasteiger partial charge < -0.3 is 20.8 Å². The quantitative estimate of drug-likeness (QED) is 0.648. The van der Waals surface area contributed by atoms with E-state index in [-0.39, 0.29) is 28.3 Å². The summed E-state index contributed by atoms with van der Waals surface area (Å²) in [7, 11) is 0. The zero-order valence-corrected chi connectivity index (χ0v) is 13.8. The average molecular weight is 314 g/mol. The van der Waals surface area contributed by atoms with Crippen LogP contribution in [0.3, 0.4) is 0 Å². The Morgan fingerprint density at radius 3 is 2.26 bits per heavy atom. The van der Waals surface area contributed by atoms with Gasteiger partial charge >= 0.3 is 0 Å². The number of phenols is 2. The number of carbonyl (C=O) groups is 1. The zero-order valence-electron chi connectivity index (χ0n) is 13.8. The summed E-state index contributed by atoms with van der Waals surface area (Å²) in [5, 5.41) is 25.8. The molecular weight excluding hydrogens is 292 g/mol. The Morgan fingerprint density at radius 1 is 1.00 bits per heavy atom. The minimum atomic E-state index is -0.477. The van der Waals surface area contributed by atoms with Crippen molar-refractivity contribution in [1.29, 1.82) is 0 Å². The van der Waals surface area contributed by atoms with Gasteiger partial charge in [-0.1, -0.05) is 6.07 Å². The number of carbonyl (C=O) groups excluding carboxylic acids is 1. The normalized spacial score (nSPS) is 11.1. The monoisotopic (exact) mass is 314 g/mol. The highest BCUT2D eigenvalue weighted by atomic mass is 16.3. The van der Waals surface area contributed by atoms with Crippen molar-refractivity contribution in [2.75, 3.05) is 10.6 Å². The highest BCUT2D eigenvalue weighted by Gasteiger charge is 2.15. The van der Waals surface area contributed by atoms with Crippen molar-refractivity contribution < 1.29 is 15.0 Å². The second-order valence-corrected chi connectivity index (χ2v) is 6.58. The molecule has 0 aliphatic rings. The maximum absolute atomic E-state index is 12.2. The number of amides is 1. The Hall–Kier alpha value is -2.69. The Bertz CT molecular complexity index is 734. The van der Waals surface area contributed by atoms with E-state index < -0.39 is 5.91 Å². The number of benzene rings is 2. The molecule has 2 aromatic carbocycles. The van der Waals surface area contributed by atoms with Crippen LogP contribution in [-0.2, 0) is 0 Å². The molecule has 5 nitrogen and oxygen atoms in total. The summed E-state index contributed by atoms with van der Waals surface area (Å²) >= 11 is 0. The molecule has 0 spiro atoms. The lowest BCUT2D eigenvalue weighted by Gasteiger charge is -2.22. The predicted octanol–water partition coefficient (Wildman–Crippen LogP) is 3.87. The van der Waals surface area contributed by atoms with Crippen molar-refractivity contribution >= 4 is 17.3 Å². The van der Waals surface area contributed by atoms with Crippen LogP contribution in [0.5, 0.6) is 11.5 Å². The maximum Gasteiger partial charge on any atom is 0.259 e. The topological polar surface area (TPSA) is 81.6 Å². The van der Waals surface area contributed by atoms with E-state index in [4.69, 9.17) is 0 Å². The summed E-state index contributed by atoms with van der Waals surface area (Å²) in [4.78, 5) is 12.2. The first-order valence-electron chi connectivity index (χ1n) is 7.38. The number of hydrogen-bond donors (Lipinski definition) is 4. The SMILES string of the molecule is Cc1ccc(C(=O)Nc2ccc(NC(C)(C)C)cc2O)c(O)c1. The van der Waals surface area contributed by atoms with Crippen LogP contribution in [0.15, 0.2) is 36.4 Å². The van der Waals surface area contributed by atoms with Gasteiger partial charge in [0.05, 0.1) is 11.3 Å². The molecule has 4 N–H and O–H groups in total. The molecule has 0 unspecified atom stereocenters. The molecule has 2 aromatic rings. The minimum Gasteiger partial charge on any atom is -0.507 e. The largest absolute Gasteiger partial charge is 0.507 e. The van der Waals surface area contributed by atoms with E-state index in [2.05, 4.69) is 10.6 Å². The van der Waals surface area contributed by atoms with Crippen LogP contribution >= 0.6 is 0 Å². The maximum atomic E-state index is 12.2. The van der Waals surface area contributed by atoms with Crippen molar-refractivity contribution in [3.8, 4) is 11.5 Å². The van der Waals surface area contributed by atoms with E-state index in [1.54, 1.807) is 30.3 Å². The van der Waals surface area contributed by atoms with Gasteiger partial charge in [-0.15, -0.1) is 0 Å². The third kappa shape index (κ3) is 4.39. The van der Waals surface area contributed by atoms with E-state index >= 15 is 0 Å². The third-order valence-electron chi connectivity index (χ3n) is 3.16. The van der Waals surface area contributed by atoms with Crippen molar-refractivity contribution in [3.63, 3.8) is 0 Å². The summed E-state index contributed by atoms with van der Waals surface area (Å²) in [6.07, 6.45) is 0. The highest BCUT2D eigenvalue weighted by Crippen LogP contribution is 2.29. The molecule has 0 bridgehead atoms. The lowest BCUT2D eigenvalue weighted by molar-refractivity contribution is 0.102. The molecule has 2 rings (SSSR count). The van der Waals surface area contributed by atoms with Gasteiger partial charge in [0.15, 0.2) is 0 Å². The molecule has 122 valence electrons. The molecule has 0 fully saturated rings. The lowest BCUT2D eigenvalue weighted by Crippen LogP contribution is -2.25. The Labute approximate surface area is 136 Å². The molecule has 5 heteroatoms. The number of rotatable bonds is 3. The van der Waals surface area contributed by atoms with E-state index in [1.165, 1.54) is 6.07 Å². The van der Waals surface area contributed by atoms with Gasteiger partial charge in [0.25, 0.3) is 5.91 Å². The number of nitrogens with one attached hydrogen (secondary N) is 2. The van der Waals surface area contributed by atoms with E-state index in [0.717, 1.165) is 11.3 Å². The number of phenolic OH excluding ortho intramolecular Hbond substituents is 2. The van der Waals surface area contributed by atoms with Gasteiger partial charge in [-0.05, 0) is 57.5 Å². The number of aryl methyl sites for hydroxylation is 1. The molecule has 0 aromatic heterocycles. The molecule has 0 aliphatic carbocycles. The van der Waals surface area contributed by atoms with Gasteiger partial charge in [0.2, 0.25) is 0 Å². The molecule has 0 saturated heterocycles. The fraction of sp³-hybridized carbons (Fsp3) is 0.278. The van der Waals surface area contributed by atoms with Crippen molar-refractivity contribution in [3.05, 3.63) is 47.5 Å². The second kappa shape index (κ2) is 6.20. The summed E-state index contributed by atoms with van der Waals surface area (Å²) in [6, 6.07) is 9.75. The van der Waals surface area contributed by atoms with Crippen LogP contribution in [0.4, 0.5) is 11.4 Å². The van der Waals surface area contributed by atoms with Gasteiger partial charge in [0.1, 0.15) is 11.5 Å². The summed E-state index contributed by atoms with van der Waals surface area (Å²) in [5.41, 5.74) is 1.93. The zero-order chi connectivity index (χ0) is 17.2. The lowest BCUT2D eigenvalue weighted by atomic mass is 10.1. The molecule has 23 heavy (non-hydrogen) atoms. The number of hydrogen-bond acceptors (Lipinski definition) is 4. The Kier molecular flexibility index (Phi) is 4.50. The first-order chi connectivity index (χ1) is 10.7. The fourth-order valence-electron chi connectivity index (χ4n) is 2.17. The first-order valence-corrected chi connectivity index (χ1v) is 7.38. The van der Waals surface area contributed by atoms with Crippen LogP contribution in [0.25, 0.3) is 0 Å². The van der Waals surface area contributed by atoms with Crippen LogP contribution in [0, 0.1) is 6.92 Å². The van der Waals surface area contributed by atoms with Gasteiger partial charge in [0, 0.05) is 17.3 Å². The van der Waals surface area contributed by atoms with Crippen LogP contribution in [-0.4, -0.2) is 21.7 Å². The molecule has 0 atom stereocenters. The second-order valence-electron chi connectivity index (χ2n) is 6.58. The van der Waals surface area contributed by atoms with Crippen molar-refractivity contribution in [2.45, 2.75) is 33.2 Å². The molecule has 0 saturated carbocycles. The molecule has 1 amide bonds. The molecule has 0 heterocycles. The fourth-order valence-corrected chi connectivity index (χ4v) is 2.17. The smallest absolute Gasteiger partial charge is 0.259 e. The first kappa shape index (κ1) is 16.7. The Balaban J connectivity index is 2.18. The summed E-state index contributed by atoms with van der Waals surface area (Å²) in [5.74, 6) is -0.610. The summed E-state index contributed by atoms with van der Waals surface area (Å²) in [6.45, 7) is 7.87. The molecular formula is C18H22N2O3. The summed E-state index contributed by atoms with van der Waals surface area (Å²) < 4.78 is 0. The number of aromatic hydroxyl groups is 2. The molecule has 0 aliphatic heterocycles. The van der Waals surface area contributed by atoms with Crippen LogP contribution in [0.2, 0.25) is 0 Å². The average Bonchev–Trinajstić information content (AvgIpc) is 2.40. The van der Waals surface area contributed by atoms with Gasteiger partial charge in [-0.3, -0.25) is 4.79 Å². The number of anilines is 2. The van der Waals surface area contributed by atoms with Crippen molar-refractivity contribution in [2.24, 2.45) is 0 Å². The van der Waals surface area contributed by atoms with E-state index in [1.807, 2.05) is 27.7 Å². The standard InChI is InChI=1S/C18H22N2O3/c1-11-5-7-13(15(21)9-11)17(23)19-14-8-6-12(10-16(14)22)20-18(2,3)4/h5-10,20-22H,1-4H3,(H,19,23). The van der Waals surface area contributed by atoms with Crippen LogP contribution < -0.4 is 10.6 Å². The van der Waals surface area contributed by atoms with Gasteiger partial charge in [-0.2, -0.15) is 0 Å². The minimum absolute atomic E-state index is 0.0424. The van der Waals surface area contributed by atoms with Crippen LogP contribution in [0.1, 0.15) is 36.7 Å². The Morgan fingerprint density at radius 2 is 1.70 bits per heavy atom. The predicted molar refractivity (Wildman–Crippen MR) is 92.3 cm³/mol. The van der Waals surface area contributed by atoms with E-state index in [0.29, 0.717) is 0 Å².